The van der Waals surface area contributed by atoms with Gasteiger partial charge in [-0.1, -0.05) is 23.5 Å². The highest BCUT2D eigenvalue weighted by Crippen LogP contribution is 2.38. The molecule has 0 spiro atoms. The number of hydrogen-bond acceptors (Lipinski definition) is 10. The summed E-state index contributed by atoms with van der Waals surface area (Å²) in [5.41, 5.74) is 3.42. The van der Waals surface area contributed by atoms with Gasteiger partial charge in [0, 0.05) is 5.56 Å². The molecule has 0 radical (unpaired) electrons. The van der Waals surface area contributed by atoms with E-state index in [1.165, 1.54) is 56.6 Å². The lowest BCUT2D eigenvalue weighted by Gasteiger charge is -2.13. The van der Waals surface area contributed by atoms with Crippen LogP contribution in [0, 0.1) is 0 Å². The molecule has 38 heavy (non-hydrogen) atoms. The topological polar surface area (TPSA) is 146 Å². The Bertz CT molecular complexity index is 1540. The van der Waals surface area contributed by atoms with Crippen molar-refractivity contribution >= 4 is 39.1 Å². The number of methoxy groups -OCH3 is 4. The lowest BCUT2D eigenvalue weighted by atomic mass is 10.1. The number of fused-ring (bicyclic) bond motifs is 1. The van der Waals surface area contributed by atoms with Crippen molar-refractivity contribution in [3.63, 3.8) is 0 Å². The van der Waals surface area contributed by atoms with E-state index in [2.05, 4.69) is 20.6 Å². The van der Waals surface area contributed by atoms with E-state index in [0.717, 1.165) is 10.2 Å². The molecule has 0 bridgehead atoms. The quantitative estimate of drug-likeness (QED) is 0.188. The largest absolute Gasteiger partial charge is 0.493 e. The van der Waals surface area contributed by atoms with Crippen LogP contribution in [0.4, 0.5) is 0 Å². The van der Waals surface area contributed by atoms with Gasteiger partial charge >= 0.3 is 5.97 Å². The zero-order valence-corrected chi connectivity index (χ0v) is 22.1. The van der Waals surface area contributed by atoms with Crippen molar-refractivity contribution in [2.75, 3.05) is 28.4 Å². The molecule has 0 aliphatic rings. The van der Waals surface area contributed by atoms with Gasteiger partial charge in [-0.05, 0) is 31.2 Å². The van der Waals surface area contributed by atoms with Gasteiger partial charge in [-0.15, -0.1) is 0 Å². The molecule has 0 fully saturated rings. The summed E-state index contributed by atoms with van der Waals surface area (Å²) in [6.45, 7) is 1.55. The molecular formula is C25H25N5O7S. The standard InChI is InChI=1S/C25H25N5O7S/c1-13(27-28-23(32)14-10-17(34-2)22(37-5)18(11-14)35-3)21-16(12-20(31)36-4)29-30(24(21)33)25-26-15-8-6-7-9-19(15)38-25/h6-11,29H,12H2,1-5H3,(H,28,32)/b27-13+. The summed E-state index contributed by atoms with van der Waals surface area (Å²) in [5.74, 6) is -0.218. The Morgan fingerprint density at radius 1 is 1.08 bits per heavy atom. The molecule has 2 aromatic carbocycles. The van der Waals surface area contributed by atoms with Gasteiger partial charge < -0.3 is 18.9 Å². The summed E-state index contributed by atoms with van der Waals surface area (Å²) in [4.78, 5) is 42.9. The molecule has 4 aromatic rings. The van der Waals surface area contributed by atoms with E-state index in [1.54, 1.807) is 6.92 Å². The van der Waals surface area contributed by atoms with Gasteiger partial charge in [0.1, 0.15) is 0 Å². The van der Waals surface area contributed by atoms with Crippen molar-refractivity contribution in [3.8, 4) is 22.4 Å². The highest BCUT2D eigenvalue weighted by atomic mass is 32.1. The fraction of sp³-hybridized carbons (Fsp3) is 0.240. The number of carbonyl (C=O) groups excluding carboxylic acids is 2. The Morgan fingerprint density at radius 3 is 2.37 bits per heavy atom. The monoisotopic (exact) mass is 539 g/mol. The van der Waals surface area contributed by atoms with Crippen molar-refractivity contribution in [3.05, 3.63) is 63.6 Å². The smallest absolute Gasteiger partial charge is 0.311 e. The van der Waals surface area contributed by atoms with Gasteiger partial charge in [0.2, 0.25) is 10.9 Å². The van der Waals surface area contributed by atoms with Crippen LogP contribution in [-0.2, 0) is 16.0 Å². The molecule has 12 nitrogen and oxygen atoms in total. The average Bonchev–Trinajstić information content (AvgIpc) is 3.50. The number of nitrogens with zero attached hydrogens (tertiary/aromatic N) is 3. The van der Waals surface area contributed by atoms with Gasteiger partial charge in [0.15, 0.2) is 11.5 Å². The number of nitrogens with one attached hydrogen (secondary N) is 2. The summed E-state index contributed by atoms with van der Waals surface area (Å²) in [7, 11) is 5.58. The minimum atomic E-state index is -0.583. The Balaban J connectivity index is 1.70. The number of ether oxygens (including phenoxy) is 4. The zero-order valence-electron chi connectivity index (χ0n) is 21.3. The summed E-state index contributed by atoms with van der Waals surface area (Å²) in [6, 6.07) is 10.4. The number of thiazole rings is 1. The molecule has 0 atom stereocenters. The van der Waals surface area contributed by atoms with Crippen molar-refractivity contribution < 1.29 is 28.5 Å². The lowest BCUT2D eigenvalue weighted by molar-refractivity contribution is -0.139. The number of carbonyl (C=O) groups is 2. The van der Waals surface area contributed by atoms with E-state index >= 15 is 0 Å². The summed E-state index contributed by atoms with van der Waals surface area (Å²) in [5, 5.41) is 7.47. The Morgan fingerprint density at radius 2 is 1.76 bits per heavy atom. The van der Waals surface area contributed by atoms with Crippen LogP contribution in [0.25, 0.3) is 15.3 Å². The van der Waals surface area contributed by atoms with Crippen LogP contribution in [-0.4, -0.2) is 60.8 Å². The van der Waals surface area contributed by atoms with Gasteiger partial charge in [-0.25, -0.2) is 10.4 Å². The Labute approximate surface area is 220 Å². The second-order valence-corrected chi connectivity index (χ2v) is 8.88. The molecule has 0 saturated carbocycles. The van der Waals surface area contributed by atoms with Gasteiger partial charge in [-0.2, -0.15) is 9.78 Å². The second-order valence-electron chi connectivity index (χ2n) is 7.88. The van der Waals surface area contributed by atoms with Crippen molar-refractivity contribution in [1.82, 2.24) is 20.2 Å². The highest BCUT2D eigenvalue weighted by molar-refractivity contribution is 7.20. The fourth-order valence-electron chi connectivity index (χ4n) is 3.76. The van der Waals surface area contributed by atoms with E-state index < -0.39 is 17.4 Å². The molecule has 4 rings (SSSR count). The van der Waals surface area contributed by atoms with Crippen LogP contribution in [0.15, 0.2) is 46.3 Å². The third-order valence-electron chi connectivity index (χ3n) is 5.60. The number of aromatic nitrogens is 3. The van der Waals surface area contributed by atoms with E-state index in [0.29, 0.717) is 22.4 Å². The minimum absolute atomic E-state index is 0.111. The van der Waals surface area contributed by atoms with Crippen LogP contribution in [0.1, 0.15) is 28.5 Å². The first-order valence-corrected chi connectivity index (χ1v) is 12.0. The molecule has 198 valence electrons. The first-order valence-electron chi connectivity index (χ1n) is 11.2. The maximum Gasteiger partial charge on any atom is 0.311 e. The van der Waals surface area contributed by atoms with E-state index in [-0.39, 0.29) is 29.0 Å². The average molecular weight is 540 g/mol. The predicted molar refractivity (Wildman–Crippen MR) is 141 cm³/mol. The SMILES string of the molecule is COC(=O)Cc1[nH]n(-c2nc3ccccc3s2)c(=O)c1/C(C)=N/NC(=O)c1cc(OC)c(OC)c(OC)c1. The van der Waals surface area contributed by atoms with E-state index in [9.17, 15) is 14.4 Å². The predicted octanol–water partition coefficient (Wildman–Crippen LogP) is 2.67. The molecular weight excluding hydrogens is 514 g/mol. The molecule has 0 aliphatic heterocycles. The van der Waals surface area contributed by atoms with E-state index in [1.807, 2.05) is 24.3 Å². The Hall–Kier alpha value is -4.65. The number of para-hydroxylation sites is 1. The first kappa shape index (κ1) is 26.4. The molecule has 2 aromatic heterocycles. The number of H-pyrrole nitrogens is 1. The van der Waals surface area contributed by atoms with Crippen LogP contribution in [0.5, 0.6) is 17.2 Å². The molecule has 0 unspecified atom stereocenters. The van der Waals surface area contributed by atoms with Crippen LogP contribution >= 0.6 is 11.3 Å². The fourth-order valence-corrected chi connectivity index (χ4v) is 4.68. The lowest BCUT2D eigenvalue weighted by Crippen LogP contribution is -2.24. The number of benzene rings is 2. The molecule has 2 N–H and O–H groups in total. The van der Waals surface area contributed by atoms with Crippen molar-refractivity contribution in [2.24, 2.45) is 5.10 Å². The molecule has 13 heteroatoms. The van der Waals surface area contributed by atoms with Gasteiger partial charge in [0.05, 0.1) is 62.0 Å². The summed E-state index contributed by atoms with van der Waals surface area (Å²) >= 11 is 1.31. The number of hydrazone groups is 1. The van der Waals surface area contributed by atoms with E-state index in [4.69, 9.17) is 18.9 Å². The molecule has 1 amide bonds. The zero-order chi connectivity index (χ0) is 27.4. The third-order valence-corrected chi connectivity index (χ3v) is 6.62. The minimum Gasteiger partial charge on any atom is -0.493 e. The molecule has 0 saturated heterocycles. The molecule has 0 aliphatic carbocycles. The third kappa shape index (κ3) is 5.09. The number of hydrogen-bond donors (Lipinski definition) is 2. The maximum atomic E-state index is 13.4. The Kier molecular flexibility index (Phi) is 7.76. The van der Waals surface area contributed by atoms with Crippen molar-refractivity contribution in [2.45, 2.75) is 13.3 Å². The number of amides is 1. The first-order chi connectivity index (χ1) is 18.3. The molecule has 2 heterocycles. The van der Waals surface area contributed by atoms with Crippen LogP contribution in [0.2, 0.25) is 0 Å². The number of esters is 1. The van der Waals surface area contributed by atoms with Crippen LogP contribution in [0.3, 0.4) is 0 Å². The van der Waals surface area contributed by atoms with Gasteiger partial charge in [0.25, 0.3) is 11.5 Å². The number of aromatic amines is 1. The summed E-state index contributed by atoms with van der Waals surface area (Å²) in [6.07, 6.45) is -0.216. The second kappa shape index (κ2) is 11.2. The normalized spacial score (nSPS) is 11.3. The summed E-state index contributed by atoms with van der Waals surface area (Å²) < 4.78 is 22.8. The number of rotatable bonds is 9. The maximum absolute atomic E-state index is 13.4. The van der Waals surface area contributed by atoms with Crippen LogP contribution < -0.4 is 25.2 Å². The van der Waals surface area contributed by atoms with Gasteiger partial charge in [-0.3, -0.25) is 19.5 Å². The van der Waals surface area contributed by atoms with Crippen molar-refractivity contribution in [1.29, 1.82) is 0 Å². The highest BCUT2D eigenvalue weighted by Gasteiger charge is 2.23.